The van der Waals surface area contributed by atoms with Crippen LogP contribution in [0.3, 0.4) is 0 Å². The number of aliphatic hydroxyl groups excluding tert-OH is 1. The highest BCUT2D eigenvalue weighted by molar-refractivity contribution is 5.00. The molecule has 0 spiro atoms. The molecule has 0 aliphatic heterocycles. The Morgan fingerprint density at radius 1 is 1.20 bits per heavy atom. The Morgan fingerprint density at radius 3 is 2.40 bits per heavy atom. The molecular weight excluding hydrogens is 124 g/mol. The van der Waals surface area contributed by atoms with Crippen molar-refractivity contribution < 1.29 is 5.11 Å². The lowest BCUT2D eigenvalue weighted by Gasteiger charge is -2.21. The van der Waals surface area contributed by atoms with Gasteiger partial charge in [-0.05, 0) is 37.0 Å². The molecule has 1 nitrogen and oxygen atoms in total. The van der Waals surface area contributed by atoms with Gasteiger partial charge in [-0.2, -0.15) is 0 Å². The number of allylic oxidation sites excluding steroid dienone is 1. The van der Waals surface area contributed by atoms with Crippen molar-refractivity contribution in [1.29, 1.82) is 0 Å². The molecule has 2 aliphatic carbocycles. The van der Waals surface area contributed by atoms with E-state index >= 15 is 0 Å². The van der Waals surface area contributed by atoms with E-state index in [0.29, 0.717) is 11.8 Å². The zero-order valence-corrected chi connectivity index (χ0v) is 6.16. The zero-order valence-electron chi connectivity index (χ0n) is 6.16. The van der Waals surface area contributed by atoms with Gasteiger partial charge in [-0.15, -0.1) is 6.58 Å². The van der Waals surface area contributed by atoms with E-state index in [0.717, 1.165) is 12.3 Å². The molecule has 0 saturated heterocycles. The first-order valence-corrected chi connectivity index (χ1v) is 4.12. The highest BCUT2D eigenvalue weighted by Crippen LogP contribution is 2.48. The van der Waals surface area contributed by atoms with Crippen LogP contribution >= 0.6 is 0 Å². The average Bonchev–Trinajstić information content (AvgIpc) is 2.44. The zero-order chi connectivity index (χ0) is 7.14. The van der Waals surface area contributed by atoms with Gasteiger partial charge < -0.3 is 5.11 Å². The smallest absolute Gasteiger partial charge is 0.0571 e. The van der Waals surface area contributed by atoms with E-state index in [9.17, 15) is 5.11 Å². The second kappa shape index (κ2) is 2.09. The maximum atomic E-state index is 9.40. The van der Waals surface area contributed by atoms with Crippen molar-refractivity contribution in [2.24, 2.45) is 17.8 Å². The van der Waals surface area contributed by atoms with Gasteiger partial charge in [0.25, 0.3) is 0 Å². The van der Waals surface area contributed by atoms with Crippen LogP contribution in [-0.4, -0.2) is 11.2 Å². The lowest BCUT2D eigenvalue weighted by Crippen LogP contribution is -2.20. The highest BCUT2D eigenvalue weighted by Gasteiger charge is 2.43. The molecule has 2 bridgehead atoms. The molecule has 10 heavy (non-hydrogen) atoms. The largest absolute Gasteiger partial charge is 0.393 e. The predicted octanol–water partition coefficient (Wildman–Crippen LogP) is 1.58. The molecule has 0 amide bonds. The van der Waals surface area contributed by atoms with Crippen LogP contribution in [0, 0.1) is 17.8 Å². The first-order valence-electron chi connectivity index (χ1n) is 4.12. The molecule has 0 aromatic rings. The van der Waals surface area contributed by atoms with E-state index < -0.39 is 0 Å². The molecule has 2 fully saturated rings. The molecule has 2 rings (SSSR count). The predicted molar refractivity (Wildman–Crippen MR) is 40.5 cm³/mol. The number of hydrogen-bond acceptors (Lipinski definition) is 1. The van der Waals surface area contributed by atoms with Crippen molar-refractivity contribution in [2.45, 2.75) is 25.4 Å². The number of hydrogen-bond donors (Lipinski definition) is 1. The fraction of sp³-hybridized carbons (Fsp3) is 0.778. The van der Waals surface area contributed by atoms with Gasteiger partial charge in [0, 0.05) is 0 Å². The minimum atomic E-state index is 0.0150. The van der Waals surface area contributed by atoms with Crippen LogP contribution in [0.1, 0.15) is 19.3 Å². The molecular formula is C9H14O. The molecule has 0 radical (unpaired) electrons. The fourth-order valence-corrected chi connectivity index (χ4v) is 2.58. The van der Waals surface area contributed by atoms with Gasteiger partial charge in [-0.25, -0.2) is 0 Å². The summed E-state index contributed by atoms with van der Waals surface area (Å²) >= 11 is 0. The van der Waals surface area contributed by atoms with Gasteiger partial charge in [0.15, 0.2) is 0 Å². The fourth-order valence-electron chi connectivity index (χ4n) is 2.58. The first kappa shape index (κ1) is 6.41. The van der Waals surface area contributed by atoms with Crippen molar-refractivity contribution >= 4 is 0 Å². The molecule has 0 aromatic heterocycles. The van der Waals surface area contributed by atoms with Crippen molar-refractivity contribution in [3.63, 3.8) is 0 Å². The average molecular weight is 138 g/mol. The van der Waals surface area contributed by atoms with Gasteiger partial charge in [0.1, 0.15) is 0 Å². The normalized spacial score (nSPS) is 51.7. The van der Waals surface area contributed by atoms with Crippen LogP contribution in [0.15, 0.2) is 12.7 Å². The first-order chi connectivity index (χ1) is 4.81. The summed E-state index contributed by atoms with van der Waals surface area (Å²) in [5.74, 6) is 2.08. The van der Waals surface area contributed by atoms with E-state index in [2.05, 4.69) is 12.7 Å². The van der Waals surface area contributed by atoms with Crippen LogP contribution in [0.2, 0.25) is 0 Å². The summed E-state index contributed by atoms with van der Waals surface area (Å²) in [6.07, 6.45) is 5.55. The van der Waals surface area contributed by atoms with E-state index in [1.807, 2.05) is 0 Å². The molecule has 1 N–H and O–H groups in total. The van der Waals surface area contributed by atoms with Gasteiger partial charge in [-0.1, -0.05) is 6.08 Å². The molecule has 1 heteroatoms. The van der Waals surface area contributed by atoms with Crippen LogP contribution in [0.4, 0.5) is 0 Å². The Bertz CT molecular complexity index is 151. The highest BCUT2D eigenvalue weighted by atomic mass is 16.3. The van der Waals surface area contributed by atoms with Crippen LogP contribution in [0.25, 0.3) is 0 Å². The lowest BCUT2D eigenvalue weighted by molar-refractivity contribution is 0.103. The molecule has 56 valence electrons. The standard InChI is InChI=1S/C9H14O/c1-2-6-3-8-4-7(6)5-9(8)10/h2,6-10H,1,3-5H2. The van der Waals surface area contributed by atoms with E-state index in [1.54, 1.807) is 0 Å². The third kappa shape index (κ3) is 0.734. The maximum Gasteiger partial charge on any atom is 0.0571 e. The maximum absolute atomic E-state index is 9.40. The Balaban J connectivity index is 2.08. The monoisotopic (exact) mass is 138 g/mol. The lowest BCUT2D eigenvalue weighted by atomic mass is 9.87. The third-order valence-corrected chi connectivity index (χ3v) is 3.18. The Labute approximate surface area is 61.8 Å². The van der Waals surface area contributed by atoms with E-state index in [-0.39, 0.29) is 6.10 Å². The summed E-state index contributed by atoms with van der Waals surface area (Å²) in [5.41, 5.74) is 0. The van der Waals surface area contributed by atoms with Crippen LogP contribution < -0.4 is 0 Å². The van der Waals surface area contributed by atoms with Crippen LogP contribution in [0.5, 0.6) is 0 Å². The van der Waals surface area contributed by atoms with Crippen LogP contribution in [-0.2, 0) is 0 Å². The van der Waals surface area contributed by atoms with Crippen molar-refractivity contribution in [1.82, 2.24) is 0 Å². The Hall–Kier alpha value is -0.300. The molecule has 0 aromatic carbocycles. The topological polar surface area (TPSA) is 20.2 Å². The van der Waals surface area contributed by atoms with E-state index in [4.69, 9.17) is 0 Å². The van der Waals surface area contributed by atoms with Crippen molar-refractivity contribution in [3.8, 4) is 0 Å². The van der Waals surface area contributed by atoms with Gasteiger partial charge >= 0.3 is 0 Å². The molecule has 4 atom stereocenters. The number of fused-ring (bicyclic) bond motifs is 2. The summed E-state index contributed by atoms with van der Waals surface area (Å²) in [4.78, 5) is 0. The molecule has 2 saturated carbocycles. The van der Waals surface area contributed by atoms with Gasteiger partial charge in [0.2, 0.25) is 0 Å². The number of aliphatic hydroxyl groups is 1. The summed E-state index contributed by atoms with van der Waals surface area (Å²) in [7, 11) is 0. The second-order valence-electron chi connectivity index (χ2n) is 3.69. The Morgan fingerprint density at radius 2 is 2.00 bits per heavy atom. The van der Waals surface area contributed by atoms with Gasteiger partial charge in [-0.3, -0.25) is 0 Å². The van der Waals surface area contributed by atoms with E-state index in [1.165, 1.54) is 12.8 Å². The minimum absolute atomic E-state index is 0.0150. The number of rotatable bonds is 1. The van der Waals surface area contributed by atoms with Crippen molar-refractivity contribution in [2.75, 3.05) is 0 Å². The summed E-state index contributed by atoms with van der Waals surface area (Å²) < 4.78 is 0. The summed E-state index contributed by atoms with van der Waals surface area (Å²) in [6.45, 7) is 3.80. The van der Waals surface area contributed by atoms with Crippen molar-refractivity contribution in [3.05, 3.63) is 12.7 Å². The SMILES string of the molecule is C=CC1CC2CC1CC2O. The Kier molecular flexibility index (Phi) is 1.34. The van der Waals surface area contributed by atoms with Gasteiger partial charge in [0.05, 0.1) is 6.10 Å². The molecule has 4 unspecified atom stereocenters. The third-order valence-electron chi connectivity index (χ3n) is 3.18. The summed E-state index contributed by atoms with van der Waals surface area (Å²) in [6, 6.07) is 0. The summed E-state index contributed by atoms with van der Waals surface area (Å²) in [5, 5.41) is 9.40. The second-order valence-corrected chi connectivity index (χ2v) is 3.69. The quantitative estimate of drug-likeness (QED) is 0.545. The molecule has 0 heterocycles. The molecule has 2 aliphatic rings. The minimum Gasteiger partial charge on any atom is -0.393 e.